The topological polar surface area (TPSA) is 93.7 Å². The zero-order valence-electron chi connectivity index (χ0n) is 18.7. The third-order valence-electron chi connectivity index (χ3n) is 4.71. The van der Waals surface area contributed by atoms with Crippen LogP contribution < -0.4 is 15.4 Å². The lowest BCUT2D eigenvalue weighted by Crippen LogP contribution is -2.38. The number of amides is 2. The van der Waals surface area contributed by atoms with E-state index in [9.17, 15) is 14.4 Å². The first-order valence-electron chi connectivity index (χ1n) is 10.1. The van der Waals surface area contributed by atoms with Crippen LogP contribution in [0.25, 0.3) is 0 Å². The average Bonchev–Trinajstić information content (AvgIpc) is 2.75. The van der Waals surface area contributed by atoms with E-state index in [1.807, 2.05) is 24.3 Å². The van der Waals surface area contributed by atoms with Crippen molar-refractivity contribution in [1.82, 2.24) is 10.6 Å². The van der Waals surface area contributed by atoms with Crippen molar-refractivity contribution >= 4 is 17.8 Å². The number of ether oxygens (including phenoxy) is 2. The third-order valence-corrected chi connectivity index (χ3v) is 4.71. The number of carbonyl (C=O) groups is 3. The van der Waals surface area contributed by atoms with E-state index in [4.69, 9.17) is 9.47 Å². The highest BCUT2D eigenvalue weighted by molar-refractivity contribution is 5.96. The first-order chi connectivity index (χ1) is 14.6. The lowest BCUT2D eigenvalue weighted by atomic mass is 9.87. The zero-order chi connectivity index (χ0) is 23.0. The Labute approximate surface area is 183 Å². The molecule has 0 aliphatic heterocycles. The van der Waals surface area contributed by atoms with Gasteiger partial charge in [-0.3, -0.25) is 14.4 Å². The van der Waals surface area contributed by atoms with Crippen molar-refractivity contribution in [3.63, 3.8) is 0 Å². The number of nitrogens with one attached hydrogen (secondary N) is 2. The number of esters is 1. The summed E-state index contributed by atoms with van der Waals surface area (Å²) in [5.41, 5.74) is 2.43. The number of methoxy groups -OCH3 is 1. The minimum atomic E-state index is -0.978. The Hall–Kier alpha value is -3.35. The van der Waals surface area contributed by atoms with Gasteiger partial charge >= 0.3 is 5.97 Å². The van der Waals surface area contributed by atoms with Crippen molar-refractivity contribution < 1.29 is 23.9 Å². The van der Waals surface area contributed by atoms with Crippen molar-refractivity contribution in [3.8, 4) is 5.75 Å². The van der Waals surface area contributed by atoms with E-state index in [0.717, 1.165) is 16.9 Å². The van der Waals surface area contributed by atoms with Crippen LogP contribution in [0.2, 0.25) is 0 Å². The maximum absolute atomic E-state index is 12.2. The van der Waals surface area contributed by atoms with Crippen molar-refractivity contribution in [1.29, 1.82) is 0 Å². The molecule has 2 amide bonds. The molecule has 0 spiro atoms. The zero-order valence-corrected chi connectivity index (χ0v) is 18.7. The maximum Gasteiger partial charge on any atom is 0.326 e. The SMILES string of the molecule is COc1ccc(CNC(=O)[C@H](C)OC(=O)CNC(=O)c2ccc(C(C)(C)C)cc2)cc1. The van der Waals surface area contributed by atoms with Gasteiger partial charge in [-0.2, -0.15) is 0 Å². The summed E-state index contributed by atoms with van der Waals surface area (Å²) in [6.45, 7) is 7.72. The van der Waals surface area contributed by atoms with Crippen molar-refractivity contribution in [3.05, 3.63) is 65.2 Å². The molecule has 2 aromatic rings. The summed E-state index contributed by atoms with van der Waals surface area (Å²) in [5, 5.41) is 5.22. The van der Waals surface area contributed by atoms with Gasteiger partial charge in [0.15, 0.2) is 6.10 Å². The molecule has 0 radical (unpaired) electrons. The van der Waals surface area contributed by atoms with E-state index in [1.165, 1.54) is 6.92 Å². The highest BCUT2D eigenvalue weighted by atomic mass is 16.5. The number of carbonyl (C=O) groups excluding carboxylic acids is 3. The first kappa shape index (κ1) is 23.9. The Kier molecular flexibility index (Phi) is 8.19. The smallest absolute Gasteiger partial charge is 0.326 e. The van der Waals surface area contributed by atoms with Crippen LogP contribution >= 0.6 is 0 Å². The molecule has 7 heteroatoms. The molecule has 7 nitrogen and oxygen atoms in total. The quantitative estimate of drug-likeness (QED) is 0.633. The number of rotatable bonds is 8. The largest absolute Gasteiger partial charge is 0.497 e. The standard InChI is InChI=1S/C24H30N2O5/c1-16(22(28)25-14-17-6-12-20(30-5)13-7-17)31-21(27)15-26-23(29)18-8-10-19(11-9-18)24(2,3)4/h6-13,16H,14-15H2,1-5H3,(H,25,28)(H,26,29)/t16-/m0/s1. The summed E-state index contributed by atoms with van der Waals surface area (Å²) < 4.78 is 10.2. The van der Waals surface area contributed by atoms with Crippen molar-refractivity contribution in [2.45, 2.75) is 45.8 Å². The number of hydrogen-bond acceptors (Lipinski definition) is 5. The molecule has 31 heavy (non-hydrogen) atoms. The fourth-order valence-corrected chi connectivity index (χ4v) is 2.74. The summed E-state index contributed by atoms with van der Waals surface area (Å²) in [4.78, 5) is 36.4. The Morgan fingerprint density at radius 1 is 0.935 bits per heavy atom. The van der Waals surface area contributed by atoms with Crippen LogP contribution in [0.5, 0.6) is 5.75 Å². The number of benzene rings is 2. The van der Waals surface area contributed by atoms with E-state index < -0.39 is 18.0 Å². The molecule has 0 bridgehead atoms. The molecule has 0 aliphatic carbocycles. The second-order valence-electron chi connectivity index (χ2n) is 8.21. The van der Waals surface area contributed by atoms with Crippen LogP contribution in [0.4, 0.5) is 0 Å². The van der Waals surface area contributed by atoms with Gasteiger partial charge in [0.05, 0.1) is 7.11 Å². The van der Waals surface area contributed by atoms with Gasteiger partial charge in [0.25, 0.3) is 11.8 Å². The van der Waals surface area contributed by atoms with Gasteiger partial charge in [-0.15, -0.1) is 0 Å². The fourth-order valence-electron chi connectivity index (χ4n) is 2.74. The second kappa shape index (κ2) is 10.6. The fraction of sp³-hybridized carbons (Fsp3) is 0.375. The van der Waals surface area contributed by atoms with E-state index in [2.05, 4.69) is 31.4 Å². The van der Waals surface area contributed by atoms with Crippen LogP contribution in [0.15, 0.2) is 48.5 Å². The third kappa shape index (κ3) is 7.44. The first-order valence-corrected chi connectivity index (χ1v) is 10.1. The Balaban J connectivity index is 1.76. The van der Waals surface area contributed by atoms with Gasteiger partial charge in [-0.1, -0.05) is 45.0 Å². The van der Waals surface area contributed by atoms with E-state index in [0.29, 0.717) is 12.1 Å². The minimum Gasteiger partial charge on any atom is -0.497 e. The van der Waals surface area contributed by atoms with Gasteiger partial charge in [-0.25, -0.2) is 0 Å². The van der Waals surface area contributed by atoms with E-state index in [1.54, 1.807) is 31.4 Å². The molecule has 2 N–H and O–H groups in total. The predicted octanol–water partition coefficient (Wildman–Crippen LogP) is 2.97. The normalized spacial score (nSPS) is 11.9. The molecule has 0 aromatic heterocycles. The molecule has 0 heterocycles. The molecule has 1 atom stereocenters. The van der Waals surface area contributed by atoms with Crippen LogP contribution in [0, 0.1) is 0 Å². The molecule has 0 unspecified atom stereocenters. The van der Waals surface area contributed by atoms with Crippen LogP contribution in [-0.4, -0.2) is 37.5 Å². The van der Waals surface area contributed by atoms with Crippen molar-refractivity contribution in [2.24, 2.45) is 0 Å². The lowest BCUT2D eigenvalue weighted by Gasteiger charge is -2.19. The van der Waals surface area contributed by atoms with Crippen LogP contribution in [-0.2, 0) is 26.3 Å². The molecule has 0 saturated carbocycles. The summed E-state index contributed by atoms with van der Waals surface area (Å²) in [5.74, 6) is -0.765. The van der Waals surface area contributed by atoms with Gasteiger partial charge in [0.2, 0.25) is 0 Å². The molecule has 0 fully saturated rings. The van der Waals surface area contributed by atoms with Crippen molar-refractivity contribution in [2.75, 3.05) is 13.7 Å². The van der Waals surface area contributed by atoms with E-state index in [-0.39, 0.29) is 17.9 Å². The monoisotopic (exact) mass is 426 g/mol. The molecule has 0 aliphatic rings. The van der Waals surface area contributed by atoms with E-state index >= 15 is 0 Å². The summed E-state index contributed by atoms with van der Waals surface area (Å²) in [7, 11) is 1.58. The summed E-state index contributed by atoms with van der Waals surface area (Å²) in [6.07, 6.45) is -0.978. The van der Waals surface area contributed by atoms with Gasteiger partial charge in [0, 0.05) is 12.1 Å². The van der Waals surface area contributed by atoms with Gasteiger partial charge < -0.3 is 20.1 Å². The lowest BCUT2D eigenvalue weighted by molar-refractivity contribution is -0.153. The predicted molar refractivity (Wildman–Crippen MR) is 118 cm³/mol. The van der Waals surface area contributed by atoms with Crippen LogP contribution in [0.3, 0.4) is 0 Å². The van der Waals surface area contributed by atoms with Gasteiger partial charge in [0.1, 0.15) is 12.3 Å². The molecule has 166 valence electrons. The Morgan fingerprint density at radius 2 is 1.55 bits per heavy atom. The van der Waals surface area contributed by atoms with Crippen LogP contribution in [0.1, 0.15) is 49.2 Å². The molecule has 0 saturated heterocycles. The second-order valence-corrected chi connectivity index (χ2v) is 8.21. The summed E-state index contributed by atoms with van der Waals surface area (Å²) in [6, 6.07) is 14.5. The highest BCUT2D eigenvalue weighted by Crippen LogP contribution is 2.22. The molecular weight excluding hydrogens is 396 g/mol. The van der Waals surface area contributed by atoms with Gasteiger partial charge in [-0.05, 0) is 47.7 Å². The highest BCUT2D eigenvalue weighted by Gasteiger charge is 2.19. The molecule has 2 aromatic carbocycles. The molecular formula is C24H30N2O5. The minimum absolute atomic E-state index is 0.0110. The average molecular weight is 427 g/mol. The molecule has 2 rings (SSSR count). The maximum atomic E-state index is 12.2. The number of hydrogen-bond donors (Lipinski definition) is 2. The Morgan fingerprint density at radius 3 is 2.10 bits per heavy atom. The Bertz CT molecular complexity index is 899. The summed E-state index contributed by atoms with van der Waals surface area (Å²) >= 11 is 0.